The largest absolute Gasteiger partial charge is 0.490 e. The van der Waals surface area contributed by atoms with Crippen molar-refractivity contribution in [1.82, 2.24) is 10.6 Å². The number of aliphatic hydroxyl groups is 1. The molecular formula is C18H29ClN2O4. The number of carbonyl (C=O) groups excluding carboxylic acids is 1. The topological polar surface area (TPSA) is 79.8 Å². The monoisotopic (exact) mass is 372 g/mol. The number of nitrogens with one attached hydrogen (secondary N) is 2. The predicted molar refractivity (Wildman–Crippen MR) is 99.4 cm³/mol. The van der Waals surface area contributed by atoms with Gasteiger partial charge in [-0.15, -0.1) is 0 Å². The summed E-state index contributed by atoms with van der Waals surface area (Å²) in [6, 6.07) is 3.48. The molecule has 0 atom stereocenters. The summed E-state index contributed by atoms with van der Waals surface area (Å²) in [6.07, 6.45) is 0.681. The van der Waals surface area contributed by atoms with E-state index in [-0.39, 0.29) is 24.7 Å². The Morgan fingerprint density at radius 2 is 1.92 bits per heavy atom. The molecule has 0 heterocycles. The highest BCUT2D eigenvalue weighted by Crippen LogP contribution is 2.33. The van der Waals surface area contributed by atoms with Crippen LogP contribution in [0.2, 0.25) is 5.02 Å². The number of hydrogen-bond donors (Lipinski definition) is 3. The predicted octanol–water partition coefficient (Wildman–Crippen LogP) is 2.50. The standard InChI is InChI=1S/C18H29ClN2O4/c1-5-24-15-9-13(11-20-7-6-8-22)14(19)10-16(15)25-12-17(23)21-18(2,3)4/h9-10,20,22H,5-8,11-12H2,1-4H3,(H,21,23). The summed E-state index contributed by atoms with van der Waals surface area (Å²) in [6.45, 7) is 9.37. The quantitative estimate of drug-likeness (QED) is 0.550. The summed E-state index contributed by atoms with van der Waals surface area (Å²) >= 11 is 6.31. The molecule has 1 aromatic carbocycles. The third-order valence-corrected chi connectivity index (χ3v) is 3.46. The maximum absolute atomic E-state index is 11.9. The molecule has 0 aliphatic heterocycles. The van der Waals surface area contributed by atoms with Crippen LogP contribution < -0.4 is 20.1 Å². The van der Waals surface area contributed by atoms with Crippen molar-refractivity contribution in [2.24, 2.45) is 0 Å². The van der Waals surface area contributed by atoms with E-state index < -0.39 is 0 Å². The molecule has 0 fully saturated rings. The van der Waals surface area contributed by atoms with Crippen molar-refractivity contribution < 1.29 is 19.4 Å². The van der Waals surface area contributed by atoms with E-state index in [9.17, 15) is 4.79 Å². The second kappa shape index (κ2) is 10.5. The summed E-state index contributed by atoms with van der Waals surface area (Å²) < 4.78 is 11.2. The summed E-state index contributed by atoms with van der Waals surface area (Å²) in [4.78, 5) is 11.9. The van der Waals surface area contributed by atoms with E-state index in [2.05, 4.69) is 10.6 Å². The highest BCUT2D eigenvalue weighted by molar-refractivity contribution is 6.31. The summed E-state index contributed by atoms with van der Waals surface area (Å²) in [7, 11) is 0. The highest BCUT2D eigenvalue weighted by atomic mass is 35.5. The Hall–Kier alpha value is -1.50. The molecule has 1 rings (SSSR count). The van der Waals surface area contributed by atoms with Crippen LogP contribution in [-0.4, -0.2) is 42.9 Å². The molecule has 25 heavy (non-hydrogen) atoms. The second-order valence-electron chi connectivity index (χ2n) is 6.66. The Kier molecular flexibility index (Phi) is 9.03. The maximum Gasteiger partial charge on any atom is 0.258 e. The first-order chi connectivity index (χ1) is 11.8. The lowest BCUT2D eigenvalue weighted by Gasteiger charge is -2.21. The van der Waals surface area contributed by atoms with Crippen molar-refractivity contribution in [3.63, 3.8) is 0 Å². The van der Waals surface area contributed by atoms with Gasteiger partial charge in [-0.25, -0.2) is 0 Å². The Labute approximate surface area is 154 Å². The van der Waals surface area contributed by atoms with Crippen LogP contribution in [0.1, 0.15) is 39.7 Å². The Morgan fingerprint density at radius 3 is 2.52 bits per heavy atom. The van der Waals surface area contributed by atoms with Gasteiger partial charge >= 0.3 is 0 Å². The summed E-state index contributed by atoms with van der Waals surface area (Å²) in [5.41, 5.74) is 0.555. The molecule has 0 aliphatic carbocycles. The van der Waals surface area contributed by atoms with Gasteiger partial charge in [0.1, 0.15) is 0 Å². The zero-order valence-corrected chi connectivity index (χ0v) is 16.2. The van der Waals surface area contributed by atoms with Gasteiger partial charge < -0.3 is 25.2 Å². The molecule has 6 nitrogen and oxygen atoms in total. The van der Waals surface area contributed by atoms with E-state index in [1.807, 2.05) is 33.8 Å². The Bertz CT molecular complexity index is 559. The van der Waals surface area contributed by atoms with Crippen molar-refractivity contribution in [3.05, 3.63) is 22.7 Å². The van der Waals surface area contributed by atoms with Crippen LogP contribution in [0.15, 0.2) is 12.1 Å². The zero-order valence-electron chi connectivity index (χ0n) is 15.4. The fraction of sp³-hybridized carbons (Fsp3) is 0.611. The van der Waals surface area contributed by atoms with Crippen molar-refractivity contribution in [1.29, 1.82) is 0 Å². The number of benzene rings is 1. The smallest absolute Gasteiger partial charge is 0.258 e. The van der Waals surface area contributed by atoms with Crippen molar-refractivity contribution in [3.8, 4) is 11.5 Å². The first-order valence-corrected chi connectivity index (χ1v) is 8.85. The molecule has 0 saturated carbocycles. The minimum atomic E-state index is -0.315. The lowest BCUT2D eigenvalue weighted by Crippen LogP contribution is -2.43. The van der Waals surface area contributed by atoms with E-state index in [4.69, 9.17) is 26.2 Å². The molecule has 142 valence electrons. The van der Waals surface area contributed by atoms with Gasteiger partial charge in [0.2, 0.25) is 0 Å². The van der Waals surface area contributed by atoms with Crippen LogP contribution in [0.4, 0.5) is 0 Å². The molecule has 0 aromatic heterocycles. The fourth-order valence-corrected chi connectivity index (χ4v) is 2.34. The normalized spacial score (nSPS) is 11.3. The summed E-state index contributed by atoms with van der Waals surface area (Å²) in [5, 5.41) is 15.4. The average Bonchev–Trinajstić information content (AvgIpc) is 2.51. The van der Waals surface area contributed by atoms with Gasteiger partial charge in [-0.3, -0.25) is 4.79 Å². The third-order valence-electron chi connectivity index (χ3n) is 3.11. The molecule has 7 heteroatoms. The average molecular weight is 373 g/mol. The minimum Gasteiger partial charge on any atom is -0.490 e. The number of aliphatic hydroxyl groups excluding tert-OH is 1. The van der Waals surface area contributed by atoms with Crippen molar-refractivity contribution >= 4 is 17.5 Å². The molecule has 3 N–H and O–H groups in total. The first kappa shape index (κ1) is 21.5. The lowest BCUT2D eigenvalue weighted by atomic mass is 10.1. The maximum atomic E-state index is 11.9. The van der Waals surface area contributed by atoms with Gasteiger partial charge in [-0.1, -0.05) is 11.6 Å². The van der Waals surface area contributed by atoms with Crippen LogP contribution in [0, 0.1) is 0 Å². The number of rotatable bonds is 10. The van der Waals surface area contributed by atoms with Gasteiger partial charge in [0, 0.05) is 29.8 Å². The summed E-state index contributed by atoms with van der Waals surface area (Å²) in [5.74, 6) is 0.783. The van der Waals surface area contributed by atoms with Crippen molar-refractivity contribution in [2.75, 3.05) is 26.4 Å². The molecule has 1 aromatic rings. The van der Waals surface area contributed by atoms with Crippen molar-refractivity contribution in [2.45, 2.75) is 46.2 Å². The van der Waals surface area contributed by atoms with Gasteiger partial charge in [0.15, 0.2) is 18.1 Å². The fourth-order valence-electron chi connectivity index (χ4n) is 2.12. The first-order valence-electron chi connectivity index (χ1n) is 8.47. The molecule has 0 bridgehead atoms. The second-order valence-corrected chi connectivity index (χ2v) is 7.07. The number of halogens is 1. The number of carbonyl (C=O) groups is 1. The van der Waals surface area contributed by atoms with E-state index >= 15 is 0 Å². The third kappa shape index (κ3) is 8.43. The van der Waals surface area contributed by atoms with Crippen LogP contribution in [-0.2, 0) is 11.3 Å². The molecule has 1 amide bonds. The van der Waals surface area contributed by atoms with Crippen LogP contribution >= 0.6 is 11.6 Å². The van der Waals surface area contributed by atoms with Crippen LogP contribution in [0.3, 0.4) is 0 Å². The Balaban J connectivity index is 2.77. The zero-order chi connectivity index (χ0) is 18.9. The molecule has 0 spiro atoms. The molecule has 0 aliphatic rings. The van der Waals surface area contributed by atoms with Gasteiger partial charge in [0.05, 0.1) is 6.61 Å². The minimum absolute atomic E-state index is 0.109. The van der Waals surface area contributed by atoms with E-state index in [0.717, 1.165) is 5.56 Å². The van der Waals surface area contributed by atoms with Gasteiger partial charge in [-0.05, 0) is 52.3 Å². The molecular weight excluding hydrogens is 344 g/mol. The molecule has 0 unspecified atom stereocenters. The van der Waals surface area contributed by atoms with Gasteiger partial charge in [-0.2, -0.15) is 0 Å². The SMILES string of the molecule is CCOc1cc(CNCCCO)c(Cl)cc1OCC(=O)NC(C)(C)C. The number of hydrogen-bond acceptors (Lipinski definition) is 5. The molecule has 0 saturated heterocycles. The highest BCUT2D eigenvalue weighted by Gasteiger charge is 2.16. The van der Waals surface area contributed by atoms with Crippen LogP contribution in [0.5, 0.6) is 11.5 Å². The molecule has 0 radical (unpaired) electrons. The Morgan fingerprint density at radius 1 is 1.24 bits per heavy atom. The van der Waals surface area contributed by atoms with E-state index in [0.29, 0.717) is 42.6 Å². The van der Waals surface area contributed by atoms with Crippen LogP contribution in [0.25, 0.3) is 0 Å². The number of amides is 1. The number of ether oxygens (including phenoxy) is 2. The van der Waals surface area contributed by atoms with E-state index in [1.54, 1.807) is 6.07 Å². The lowest BCUT2D eigenvalue weighted by molar-refractivity contribution is -0.124. The van der Waals surface area contributed by atoms with Gasteiger partial charge in [0.25, 0.3) is 5.91 Å². The van der Waals surface area contributed by atoms with E-state index in [1.165, 1.54) is 0 Å².